The molecule has 5 heteroatoms. The van der Waals surface area contributed by atoms with Crippen molar-refractivity contribution in [2.75, 3.05) is 11.1 Å². The number of fused-ring (bicyclic) bond motifs is 1. The van der Waals surface area contributed by atoms with Gasteiger partial charge in [0.1, 0.15) is 0 Å². The third-order valence-electron chi connectivity index (χ3n) is 2.09. The monoisotopic (exact) mass is 265 g/mol. The molecule has 0 aliphatic heterocycles. The third kappa shape index (κ3) is 1.78. The molecular weight excluding hydrogens is 258 g/mol. The lowest BCUT2D eigenvalue weighted by Crippen LogP contribution is -2.02. The average molecular weight is 266 g/mol. The molecule has 3 N–H and O–H groups in total. The number of nitrogen functional groups attached to an aromatic ring is 1. The van der Waals surface area contributed by atoms with Crippen molar-refractivity contribution < 1.29 is 4.79 Å². The summed E-state index contributed by atoms with van der Waals surface area (Å²) in [5.74, 6) is 0.385. The van der Waals surface area contributed by atoms with Crippen LogP contribution in [-0.2, 0) is 4.79 Å². The summed E-state index contributed by atoms with van der Waals surface area (Å²) < 4.78 is 0.935. The summed E-state index contributed by atoms with van der Waals surface area (Å²) in [5.41, 5.74) is 6.34. The smallest absolute Gasteiger partial charge is 0.212 e. The van der Waals surface area contributed by atoms with Gasteiger partial charge in [-0.15, -0.1) is 0 Å². The predicted molar refractivity (Wildman–Crippen MR) is 63.5 cm³/mol. The topological polar surface area (TPSA) is 68.0 Å². The van der Waals surface area contributed by atoms with E-state index in [0.29, 0.717) is 17.9 Å². The quantitative estimate of drug-likeness (QED) is 0.818. The molecule has 0 aliphatic carbocycles. The van der Waals surface area contributed by atoms with E-state index in [1.165, 1.54) is 0 Å². The number of anilines is 2. The molecule has 0 unspecified atom stereocenters. The Morgan fingerprint density at radius 1 is 1.47 bits per heavy atom. The molecule has 0 aliphatic rings. The molecule has 2 rings (SSSR count). The highest BCUT2D eigenvalue weighted by Crippen LogP contribution is 2.28. The highest BCUT2D eigenvalue weighted by molar-refractivity contribution is 9.10. The Morgan fingerprint density at radius 2 is 2.27 bits per heavy atom. The summed E-state index contributed by atoms with van der Waals surface area (Å²) >= 11 is 3.36. The summed E-state index contributed by atoms with van der Waals surface area (Å²) in [5, 5.41) is 4.26. The van der Waals surface area contributed by atoms with Crippen molar-refractivity contribution in [3.05, 3.63) is 28.9 Å². The largest absolute Gasteiger partial charge is 0.395 e. The second-order valence-electron chi connectivity index (χ2n) is 3.01. The summed E-state index contributed by atoms with van der Waals surface area (Å²) in [4.78, 5) is 14.4. The Morgan fingerprint density at radius 3 is 3.00 bits per heavy atom. The molecule has 0 saturated heterocycles. The van der Waals surface area contributed by atoms with E-state index in [1.807, 2.05) is 18.2 Å². The zero-order chi connectivity index (χ0) is 10.8. The first-order valence-corrected chi connectivity index (χ1v) is 5.05. The number of nitrogens with two attached hydrogens (primary N) is 1. The number of hydrogen-bond donors (Lipinski definition) is 2. The van der Waals surface area contributed by atoms with E-state index in [-0.39, 0.29) is 0 Å². The zero-order valence-corrected chi connectivity index (χ0v) is 9.28. The van der Waals surface area contributed by atoms with Crippen LogP contribution in [-0.4, -0.2) is 11.4 Å². The maximum atomic E-state index is 10.3. The number of aromatic nitrogens is 1. The van der Waals surface area contributed by atoms with Crippen LogP contribution in [0.2, 0.25) is 0 Å². The average Bonchev–Trinajstić information content (AvgIpc) is 2.23. The molecule has 2 aromatic rings. The summed E-state index contributed by atoms with van der Waals surface area (Å²) in [6.45, 7) is 0. The molecule has 76 valence electrons. The van der Waals surface area contributed by atoms with Gasteiger partial charge in [-0.05, 0) is 12.1 Å². The van der Waals surface area contributed by atoms with Gasteiger partial charge >= 0.3 is 0 Å². The minimum Gasteiger partial charge on any atom is -0.395 e. The number of nitrogens with zero attached hydrogens (tertiary/aromatic N) is 1. The van der Waals surface area contributed by atoms with Crippen LogP contribution < -0.4 is 11.1 Å². The van der Waals surface area contributed by atoms with Crippen LogP contribution in [0, 0.1) is 0 Å². The van der Waals surface area contributed by atoms with Gasteiger partial charge in [-0.2, -0.15) is 0 Å². The number of carbonyl (C=O) groups is 1. The molecule has 1 aromatic carbocycles. The Balaban J connectivity index is 2.70. The van der Waals surface area contributed by atoms with E-state index in [1.54, 1.807) is 6.20 Å². The van der Waals surface area contributed by atoms with E-state index in [0.717, 1.165) is 15.2 Å². The van der Waals surface area contributed by atoms with E-state index in [2.05, 4.69) is 26.2 Å². The van der Waals surface area contributed by atoms with E-state index < -0.39 is 0 Å². The van der Waals surface area contributed by atoms with E-state index >= 15 is 0 Å². The van der Waals surface area contributed by atoms with Crippen molar-refractivity contribution in [1.29, 1.82) is 0 Å². The molecule has 0 saturated carbocycles. The second-order valence-corrected chi connectivity index (χ2v) is 3.93. The molecule has 0 atom stereocenters. The number of benzene rings is 1. The van der Waals surface area contributed by atoms with E-state index in [4.69, 9.17) is 5.73 Å². The van der Waals surface area contributed by atoms with Gasteiger partial charge in [-0.3, -0.25) is 4.79 Å². The maximum absolute atomic E-state index is 10.3. The summed E-state index contributed by atoms with van der Waals surface area (Å²) in [6, 6.07) is 5.71. The number of hydrogen-bond acceptors (Lipinski definition) is 3. The molecule has 0 spiro atoms. The molecule has 1 heterocycles. The van der Waals surface area contributed by atoms with Crippen LogP contribution in [0.5, 0.6) is 0 Å². The zero-order valence-electron chi connectivity index (χ0n) is 7.70. The first-order valence-electron chi connectivity index (χ1n) is 4.26. The Kier molecular flexibility index (Phi) is 2.55. The normalized spacial score (nSPS) is 10.2. The lowest BCUT2D eigenvalue weighted by Gasteiger charge is -2.06. The molecule has 1 amide bonds. The van der Waals surface area contributed by atoms with Gasteiger partial charge in [-0.1, -0.05) is 22.0 Å². The highest BCUT2D eigenvalue weighted by Gasteiger charge is 2.05. The lowest BCUT2D eigenvalue weighted by molar-refractivity contribution is -0.105. The second kappa shape index (κ2) is 3.86. The number of halogens is 1. The first kappa shape index (κ1) is 9.92. The number of pyridine rings is 1. The van der Waals surface area contributed by atoms with Crippen molar-refractivity contribution in [3.63, 3.8) is 0 Å². The fourth-order valence-electron chi connectivity index (χ4n) is 1.38. The van der Waals surface area contributed by atoms with Gasteiger partial charge in [0, 0.05) is 21.4 Å². The maximum Gasteiger partial charge on any atom is 0.212 e. The molecule has 0 fully saturated rings. The van der Waals surface area contributed by atoms with Crippen LogP contribution in [0.4, 0.5) is 11.5 Å². The van der Waals surface area contributed by atoms with Gasteiger partial charge in [0.2, 0.25) is 6.41 Å². The van der Waals surface area contributed by atoms with Crippen LogP contribution in [0.3, 0.4) is 0 Å². The van der Waals surface area contributed by atoms with Crippen LogP contribution in [0.25, 0.3) is 10.8 Å². The molecule has 4 nitrogen and oxygen atoms in total. The van der Waals surface area contributed by atoms with Gasteiger partial charge in [0.25, 0.3) is 0 Å². The number of carbonyl (C=O) groups excluding carboxylic acids is 1. The van der Waals surface area contributed by atoms with Crippen LogP contribution in [0.1, 0.15) is 0 Å². The SMILES string of the molecule is Nc1c(NC=O)ncc2ccc(Br)cc12. The molecular formula is C10H8BrN3O. The lowest BCUT2D eigenvalue weighted by atomic mass is 10.1. The summed E-state index contributed by atoms with van der Waals surface area (Å²) in [6.07, 6.45) is 2.23. The Bertz CT molecular complexity index is 527. The van der Waals surface area contributed by atoms with Crippen molar-refractivity contribution in [2.45, 2.75) is 0 Å². The molecule has 15 heavy (non-hydrogen) atoms. The molecule has 0 radical (unpaired) electrons. The molecule has 0 bridgehead atoms. The summed E-state index contributed by atoms with van der Waals surface area (Å²) in [7, 11) is 0. The van der Waals surface area contributed by atoms with Gasteiger partial charge in [-0.25, -0.2) is 4.98 Å². The first-order chi connectivity index (χ1) is 7.22. The van der Waals surface area contributed by atoms with Gasteiger partial charge < -0.3 is 11.1 Å². The highest BCUT2D eigenvalue weighted by atomic mass is 79.9. The number of nitrogens with one attached hydrogen (secondary N) is 1. The Labute approximate surface area is 94.6 Å². The fraction of sp³-hybridized carbons (Fsp3) is 0. The fourth-order valence-corrected chi connectivity index (χ4v) is 1.74. The van der Waals surface area contributed by atoms with Gasteiger partial charge in [0.15, 0.2) is 5.82 Å². The standard InChI is InChI=1S/C10H8BrN3O/c11-7-2-1-6-4-13-10(14-5-15)9(12)8(6)3-7/h1-5H,12H2,(H,13,14,15). The van der Waals surface area contributed by atoms with Gasteiger partial charge in [0.05, 0.1) is 5.69 Å². The van der Waals surface area contributed by atoms with Crippen LogP contribution in [0.15, 0.2) is 28.9 Å². The number of rotatable bonds is 2. The minimum atomic E-state index is 0.385. The van der Waals surface area contributed by atoms with Crippen molar-refractivity contribution in [1.82, 2.24) is 4.98 Å². The molecule has 1 aromatic heterocycles. The minimum absolute atomic E-state index is 0.385. The van der Waals surface area contributed by atoms with Crippen LogP contribution >= 0.6 is 15.9 Å². The number of amides is 1. The third-order valence-corrected chi connectivity index (χ3v) is 2.58. The van der Waals surface area contributed by atoms with Crippen molar-refractivity contribution >= 4 is 44.6 Å². The predicted octanol–water partition coefficient (Wildman–Crippen LogP) is 2.15. The van der Waals surface area contributed by atoms with E-state index in [9.17, 15) is 4.79 Å². The van der Waals surface area contributed by atoms with Crippen molar-refractivity contribution in [3.8, 4) is 0 Å². The Hall–Kier alpha value is -1.62. The van der Waals surface area contributed by atoms with Crippen molar-refractivity contribution in [2.24, 2.45) is 0 Å².